The molecule has 2 aromatic carbocycles. The molecule has 35 heavy (non-hydrogen) atoms. The fourth-order valence-corrected chi connectivity index (χ4v) is 4.18. The predicted molar refractivity (Wildman–Crippen MR) is 139 cm³/mol. The normalized spacial score (nSPS) is 13.2. The summed E-state index contributed by atoms with van der Waals surface area (Å²) in [6, 6.07) is 16.1. The van der Waals surface area contributed by atoms with Crippen molar-refractivity contribution in [1.29, 1.82) is 0 Å². The number of carbonyl (C=O) groups is 2. The van der Waals surface area contributed by atoms with E-state index in [9.17, 15) is 9.59 Å². The van der Waals surface area contributed by atoms with E-state index in [0.29, 0.717) is 40.9 Å². The Kier molecular flexibility index (Phi) is 8.00. The molecule has 8 heteroatoms. The Hall–Kier alpha value is -3.42. The van der Waals surface area contributed by atoms with Gasteiger partial charge in [-0.15, -0.1) is 0 Å². The van der Waals surface area contributed by atoms with Gasteiger partial charge in [0.1, 0.15) is 18.2 Å². The molecular weight excluding hydrogens is 464 g/mol. The van der Waals surface area contributed by atoms with Crippen LogP contribution >= 0.6 is 11.6 Å². The van der Waals surface area contributed by atoms with Gasteiger partial charge in [-0.3, -0.25) is 9.59 Å². The molecule has 1 aliphatic heterocycles. The van der Waals surface area contributed by atoms with Crippen LogP contribution in [0.3, 0.4) is 0 Å². The third-order valence-corrected chi connectivity index (χ3v) is 6.07. The van der Waals surface area contributed by atoms with Crippen LogP contribution in [0.25, 0.3) is 0 Å². The maximum Gasteiger partial charge on any atom is 0.260 e. The minimum absolute atomic E-state index is 0.125. The summed E-state index contributed by atoms with van der Waals surface area (Å²) in [6.07, 6.45) is 4.30. The molecule has 0 bridgehead atoms. The van der Waals surface area contributed by atoms with Crippen molar-refractivity contribution >= 4 is 34.9 Å². The maximum atomic E-state index is 13.3. The molecule has 0 spiro atoms. The number of aryl methyl sites for hydroxylation is 1. The number of halogens is 1. The summed E-state index contributed by atoms with van der Waals surface area (Å²) in [4.78, 5) is 34.3. The highest BCUT2D eigenvalue weighted by molar-refractivity contribution is 6.30. The fraction of sp³-hybridized carbons (Fsp3) is 0.296. The molecule has 0 saturated heterocycles. The number of carbonyl (C=O) groups excluding carboxylic acids is 2. The Morgan fingerprint density at radius 2 is 1.94 bits per heavy atom. The highest BCUT2D eigenvalue weighted by Crippen LogP contribution is 2.30. The molecule has 0 fully saturated rings. The van der Waals surface area contributed by atoms with Gasteiger partial charge >= 0.3 is 0 Å². The van der Waals surface area contributed by atoms with Gasteiger partial charge in [-0.1, -0.05) is 23.7 Å². The number of para-hydroxylation sites is 1. The largest absolute Gasteiger partial charge is 0.491 e. The van der Waals surface area contributed by atoms with Gasteiger partial charge in [0.05, 0.1) is 11.1 Å². The first-order valence-electron chi connectivity index (χ1n) is 11.7. The Labute approximate surface area is 210 Å². The number of fused-ring (bicyclic) bond motifs is 1. The van der Waals surface area contributed by atoms with Crippen LogP contribution < -0.4 is 15.0 Å². The molecule has 1 aromatic heterocycles. The van der Waals surface area contributed by atoms with Crippen molar-refractivity contribution < 1.29 is 14.3 Å². The first-order chi connectivity index (χ1) is 16.9. The zero-order valence-corrected chi connectivity index (χ0v) is 20.7. The molecule has 1 N–H and O–H groups in total. The lowest BCUT2D eigenvalue weighted by Gasteiger charge is -2.23. The van der Waals surface area contributed by atoms with Crippen LogP contribution in [0.1, 0.15) is 39.1 Å². The Bertz CT molecular complexity index is 1200. The lowest BCUT2D eigenvalue weighted by Crippen LogP contribution is -2.31. The van der Waals surface area contributed by atoms with Crippen LogP contribution in [0.4, 0.5) is 11.5 Å². The lowest BCUT2D eigenvalue weighted by atomic mass is 10.1. The van der Waals surface area contributed by atoms with Crippen molar-refractivity contribution in [3.8, 4) is 5.75 Å². The summed E-state index contributed by atoms with van der Waals surface area (Å²) < 4.78 is 5.79. The molecule has 0 radical (unpaired) electrons. The predicted octanol–water partition coefficient (Wildman–Crippen LogP) is 4.91. The van der Waals surface area contributed by atoms with Gasteiger partial charge in [0.2, 0.25) is 0 Å². The van der Waals surface area contributed by atoms with Crippen molar-refractivity contribution in [1.82, 2.24) is 9.88 Å². The van der Waals surface area contributed by atoms with E-state index >= 15 is 0 Å². The molecule has 2 amide bonds. The van der Waals surface area contributed by atoms with Gasteiger partial charge in [0.15, 0.2) is 0 Å². The molecule has 0 saturated carbocycles. The third-order valence-electron chi connectivity index (χ3n) is 5.84. The van der Waals surface area contributed by atoms with Gasteiger partial charge in [0, 0.05) is 30.0 Å². The van der Waals surface area contributed by atoms with E-state index in [1.54, 1.807) is 35.2 Å². The molecule has 7 nitrogen and oxygen atoms in total. The lowest BCUT2D eigenvalue weighted by molar-refractivity contribution is 0.0985. The SMILES string of the molecule is CN(C)CCOc1ccccc1C(=O)Nc1ccc(C(=O)N2CCCCc3cc(Cl)ccc32)cn1. The second-order valence-electron chi connectivity index (χ2n) is 8.72. The average Bonchev–Trinajstić information content (AvgIpc) is 3.06. The monoisotopic (exact) mass is 492 g/mol. The van der Waals surface area contributed by atoms with Crippen molar-refractivity contribution in [3.05, 3.63) is 82.5 Å². The van der Waals surface area contributed by atoms with E-state index in [4.69, 9.17) is 16.3 Å². The smallest absolute Gasteiger partial charge is 0.260 e. The van der Waals surface area contributed by atoms with E-state index < -0.39 is 0 Å². The van der Waals surface area contributed by atoms with Crippen LogP contribution in [0.15, 0.2) is 60.8 Å². The summed E-state index contributed by atoms with van der Waals surface area (Å²) >= 11 is 6.17. The third kappa shape index (κ3) is 6.18. The number of ether oxygens (including phenoxy) is 1. The number of likely N-dealkylation sites (N-methyl/N-ethyl adjacent to an activating group) is 1. The second kappa shape index (κ2) is 11.3. The summed E-state index contributed by atoms with van der Waals surface area (Å²) in [6.45, 7) is 1.84. The zero-order valence-electron chi connectivity index (χ0n) is 20.0. The summed E-state index contributed by atoms with van der Waals surface area (Å²) in [5.74, 6) is 0.423. The quantitative estimate of drug-likeness (QED) is 0.507. The summed E-state index contributed by atoms with van der Waals surface area (Å²) in [5, 5.41) is 3.47. The zero-order chi connectivity index (χ0) is 24.8. The molecule has 2 heterocycles. The number of pyridine rings is 1. The van der Waals surface area contributed by atoms with Crippen LogP contribution in [0.5, 0.6) is 5.75 Å². The number of rotatable bonds is 7. The number of amides is 2. The number of hydrogen-bond acceptors (Lipinski definition) is 5. The fourth-order valence-electron chi connectivity index (χ4n) is 3.99. The molecule has 0 aliphatic carbocycles. The summed E-state index contributed by atoms with van der Waals surface area (Å²) in [7, 11) is 3.92. The first-order valence-corrected chi connectivity index (χ1v) is 12.0. The Morgan fingerprint density at radius 3 is 2.71 bits per heavy atom. The minimum Gasteiger partial charge on any atom is -0.491 e. The Balaban J connectivity index is 1.46. The number of aromatic nitrogens is 1. The van der Waals surface area contributed by atoms with Crippen LogP contribution in [-0.2, 0) is 6.42 Å². The van der Waals surface area contributed by atoms with E-state index in [0.717, 1.165) is 37.1 Å². The van der Waals surface area contributed by atoms with E-state index in [2.05, 4.69) is 10.3 Å². The van der Waals surface area contributed by atoms with Crippen LogP contribution in [0.2, 0.25) is 5.02 Å². The number of hydrogen-bond donors (Lipinski definition) is 1. The van der Waals surface area contributed by atoms with Gasteiger partial charge in [0.25, 0.3) is 11.8 Å². The molecule has 3 aromatic rings. The second-order valence-corrected chi connectivity index (χ2v) is 9.16. The highest BCUT2D eigenvalue weighted by Gasteiger charge is 2.23. The van der Waals surface area contributed by atoms with Crippen LogP contribution in [0, 0.1) is 0 Å². The highest BCUT2D eigenvalue weighted by atomic mass is 35.5. The Morgan fingerprint density at radius 1 is 1.11 bits per heavy atom. The molecule has 0 atom stereocenters. The van der Waals surface area contributed by atoms with Crippen LogP contribution in [-0.4, -0.2) is 55.5 Å². The average molecular weight is 493 g/mol. The van der Waals surface area contributed by atoms with Crippen molar-refractivity contribution in [2.24, 2.45) is 0 Å². The minimum atomic E-state index is -0.324. The van der Waals surface area contributed by atoms with Crippen molar-refractivity contribution in [2.75, 3.05) is 44.0 Å². The number of nitrogens with one attached hydrogen (secondary N) is 1. The van der Waals surface area contributed by atoms with Gasteiger partial charge < -0.3 is 19.9 Å². The molecule has 4 rings (SSSR count). The van der Waals surface area contributed by atoms with Crippen molar-refractivity contribution in [3.63, 3.8) is 0 Å². The van der Waals surface area contributed by atoms with E-state index in [-0.39, 0.29) is 11.8 Å². The number of nitrogens with zero attached hydrogens (tertiary/aromatic N) is 3. The van der Waals surface area contributed by atoms with Gasteiger partial charge in [-0.05, 0) is 81.4 Å². The van der Waals surface area contributed by atoms with E-state index in [1.165, 1.54) is 6.20 Å². The van der Waals surface area contributed by atoms with Gasteiger partial charge in [-0.2, -0.15) is 0 Å². The topological polar surface area (TPSA) is 74.8 Å². The molecular formula is C27H29ClN4O3. The molecule has 0 unspecified atom stereocenters. The van der Waals surface area contributed by atoms with E-state index in [1.807, 2.05) is 43.3 Å². The first kappa shape index (κ1) is 24.7. The van der Waals surface area contributed by atoms with Gasteiger partial charge in [-0.25, -0.2) is 4.98 Å². The molecule has 182 valence electrons. The van der Waals surface area contributed by atoms with Crippen molar-refractivity contribution in [2.45, 2.75) is 19.3 Å². The summed E-state index contributed by atoms with van der Waals surface area (Å²) in [5.41, 5.74) is 2.85. The standard InChI is InChI=1S/C27H29ClN4O3/c1-31(2)15-16-35-24-9-4-3-8-22(24)26(33)30-25-13-10-20(18-29-25)27(34)32-14-6-5-7-19-17-21(28)11-12-23(19)32/h3-4,8-13,17-18H,5-7,14-16H2,1-2H3,(H,29,30,33). The maximum absolute atomic E-state index is 13.3. The molecule has 1 aliphatic rings. The number of anilines is 2. The number of benzene rings is 2.